The summed E-state index contributed by atoms with van der Waals surface area (Å²) in [6.07, 6.45) is 0.867. The number of hydrogen-bond donors (Lipinski definition) is 1. The van der Waals surface area contributed by atoms with E-state index in [-0.39, 0.29) is 0 Å². The van der Waals surface area contributed by atoms with E-state index in [0.717, 1.165) is 30.8 Å². The summed E-state index contributed by atoms with van der Waals surface area (Å²) in [7, 11) is 1.62. The van der Waals surface area contributed by atoms with Gasteiger partial charge in [0.2, 0.25) is 0 Å². The van der Waals surface area contributed by atoms with Gasteiger partial charge in [-0.25, -0.2) is 4.39 Å². The van der Waals surface area contributed by atoms with Crippen LogP contribution in [0.1, 0.15) is 24.6 Å². The van der Waals surface area contributed by atoms with Crippen LogP contribution in [0.2, 0.25) is 0 Å². The van der Waals surface area contributed by atoms with Crippen molar-refractivity contribution in [2.45, 2.75) is 19.0 Å². The summed E-state index contributed by atoms with van der Waals surface area (Å²) in [5, 5.41) is 3.26. The molecule has 2 unspecified atom stereocenters. The summed E-state index contributed by atoms with van der Waals surface area (Å²) in [4.78, 5) is 0. The van der Waals surface area contributed by atoms with E-state index in [9.17, 15) is 4.39 Å². The lowest BCUT2D eigenvalue weighted by Crippen LogP contribution is -2.10. The van der Waals surface area contributed by atoms with Crippen LogP contribution in [-0.2, 0) is 0 Å². The number of ether oxygens (including phenoxy) is 1. The van der Waals surface area contributed by atoms with Gasteiger partial charge in [-0.05, 0) is 49.5 Å². The van der Waals surface area contributed by atoms with Gasteiger partial charge in [0.05, 0.1) is 7.11 Å². The Labute approximate surface area is 95.8 Å². The van der Waals surface area contributed by atoms with Crippen LogP contribution in [-0.4, -0.2) is 20.2 Å². The Balaban J connectivity index is 1.94. The second kappa shape index (κ2) is 5.30. The zero-order valence-electron chi connectivity index (χ0n) is 9.58. The standard InChI is InChI=1S/C13H18FNO/c1-16-12-4-2-11(3-5-12)13(14)8-10-6-7-15-9-10/h2-5,10,13,15H,6-9H2,1H3. The third-order valence-electron chi connectivity index (χ3n) is 3.18. The first-order valence-electron chi connectivity index (χ1n) is 5.78. The molecule has 2 nitrogen and oxygen atoms in total. The van der Waals surface area contributed by atoms with Crippen LogP contribution in [0.4, 0.5) is 4.39 Å². The number of hydrogen-bond acceptors (Lipinski definition) is 2. The van der Waals surface area contributed by atoms with Crippen molar-refractivity contribution in [3.05, 3.63) is 29.8 Å². The summed E-state index contributed by atoms with van der Waals surface area (Å²) < 4.78 is 19.0. The minimum Gasteiger partial charge on any atom is -0.497 e. The van der Waals surface area contributed by atoms with Gasteiger partial charge in [0.25, 0.3) is 0 Å². The molecule has 1 heterocycles. The fourth-order valence-electron chi connectivity index (χ4n) is 2.16. The molecule has 0 bridgehead atoms. The molecule has 1 aliphatic heterocycles. The Morgan fingerprint density at radius 1 is 1.44 bits per heavy atom. The number of halogens is 1. The van der Waals surface area contributed by atoms with Gasteiger partial charge < -0.3 is 10.1 Å². The summed E-state index contributed by atoms with van der Waals surface area (Å²) in [6.45, 7) is 1.98. The molecule has 1 aromatic carbocycles. The molecule has 2 rings (SSSR count). The van der Waals surface area contributed by atoms with E-state index in [2.05, 4.69) is 5.32 Å². The lowest BCUT2D eigenvalue weighted by molar-refractivity contribution is 0.280. The molecular weight excluding hydrogens is 205 g/mol. The van der Waals surface area contributed by atoms with Crippen molar-refractivity contribution < 1.29 is 9.13 Å². The van der Waals surface area contributed by atoms with Gasteiger partial charge in [0.15, 0.2) is 0 Å². The molecule has 0 amide bonds. The molecule has 3 heteroatoms. The van der Waals surface area contributed by atoms with Crippen LogP contribution < -0.4 is 10.1 Å². The molecular formula is C13H18FNO. The lowest BCUT2D eigenvalue weighted by atomic mass is 9.97. The topological polar surface area (TPSA) is 21.3 Å². The van der Waals surface area contributed by atoms with Crippen LogP contribution in [0.5, 0.6) is 5.75 Å². The van der Waals surface area contributed by atoms with Gasteiger partial charge in [0.1, 0.15) is 11.9 Å². The first-order chi connectivity index (χ1) is 7.79. The fourth-order valence-corrected chi connectivity index (χ4v) is 2.16. The van der Waals surface area contributed by atoms with Crippen LogP contribution in [0.15, 0.2) is 24.3 Å². The Morgan fingerprint density at radius 3 is 2.75 bits per heavy atom. The average Bonchev–Trinajstić information content (AvgIpc) is 2.82. The predicted octanol–water partition coefficient (Wildman–Crippen LogP) is 2.71. The Kier molecular flexibility index (Phi) is 3.78. The molecule has 2 atom stereocenters. The van der Waals surface area contributed by atoms with Crippen molar-refractivity contribution in [3.8, 4) is 5.75 Å². The van der Waals surface area contributed by atoms with E-state index in [0.29, 0.717) is 12.3 Å². The van der Waals surface area contributed by atoms with Crippen LogP contribution in [0.25, 0.3) is 0 Å². The van der Waals surface area contributed by atoms with E-state index in [1.807, 2.05) is 24.3 Å². The van der Waals surface area contributed by atoms with E-state index in [1.54, 1.807) is 7.11 Å². The lowest BCUT2D eigenvalue weighted by Gasteiger charge is -2.13. The van der Waals surface area contributed by atoms with Crippen molar-refractivity contribution >= 4 is 0 Å². The minimum atomic E-state index is -0.851. The van der Waals surface area contributed by atoms with Crippen molar-refractivity contribution in [1.29, 1.82) is 0 Å². The molecule has 0 aromatic heterocycles. The molecule has 1 aromatic rings. The first kappa shape index (κ1) is 11.4. The van der Waals surface area contributed by atoms with E-state index in [4.69, 9.17) is 4.74 Å². The van der Waals surface area contributed by atoms with Gasteiger partial charge >= 0.3 is 0 Å². The van der Waals surface area contributed by atoms with E-state index in [1.165, 1.54) is 0 Å². The quantitative estimate of drug-likeness (QED) is 0.847. The highest BCUT2D eigenvalue weighted by molar-refractivity contribution is 5.28. The second-order valence-electron chi connectivity index (χ2n) is 4.34. The fraction of sp³-hybridized carbons (Fsp3) is 0.538. The Morgan fingerprint density at radius 2 is 2.19 bits per heavy atom. The van der Waals surface area contributed by atoms with Gasteiger partial charge in [-0.15, -0.1) is 0 Å². The average molecular weight is 223 g/mol. The summed E-state index contributed by atoms with van der Waals surface area (Å²) >= 11 is 0. The van der Waals surface area contributed by atoms with Gasteiger partial charge in [0, 0.05) is 0 Å². The number of methoxy groups -OCH3 is 1. The third kappa shape index (κ3) is 2.73. The molecule has 1 saturated heterocycles. The second-order valence-corrected chi connectivity index (χ2v) is 4.34. The number of nitrogens with one attached hydrogen (secondary N) is 1. The van der Waals surface area contributed by atoms with Crippen LogP contribution in [0.3, 0.4) is 0 Å². The smallest absolute Gasteiger partial charge is 0.125 e. The number of rotatable bonds is 4. The van der Waals surface area contributed by atoms with Gasteiger partial charge in [-0.1, -0.05) is 12.1 Å². The van der Waals surface area contributed by atoms with Crippen LogP contribution in [0, 0.1) is 5.92 Å². The molecule has 0 saturated carbocycles. The zero-order chi connectivity index (χ0) is 11.4. The van der Waals surface area contributed by atoms with Gasteiger partial charge in [-0.3, -0.25) is 0 Å². The Bertz CT molecular complexity index is 319. The molecule has 88 valence electrons. The monoisotopic (exact) mass is 223 g/mol. The van der Waals surface area contributed by atoms with E-state index < -0.39 is 6.17 Å². The molecule has 1 aliphatic rings. The molecule has 0 aliphatic carbocycles. The predicted molar refractivity (Wildman–Crippen MR) is 62.4 cm³/mol. The maximum Gasteiger partial charge on any atom is 0.125 e. The highest BCUT2D eigenvalue weighted by atomic mass is 19.1. The maximum atomic E-state index is 14.0. The third-order valence-corrected chi connectivity index (χ3v) is 3.18. The van der Waals surface area contributed by atoms with E-state index >= 15 is 0 Å². The normalized spacial score (nSPS) is 22.0. The van der Waals surface area contributed by atoms with Crippen molar-refractivity contribution in [2.24, 2.45) is 5.92 Å². The highest BCUT2D eigenvalue weighted by Gasteiger charge is 2.20. The molecule has 0 radical (unpaired) electrons. The summed E-state index contributed by atoms with van der Waals surface area (Å²) in [6, 6.07) is 7.25. The van der Waals surface area contributed by atoms with Crippen molar-refractivity contribution in [2.75, 3.05) is 20.2 Å². The number of benzene rings is 1. The molecule has 16 heavy (non-hydrogen) atoms. The maximum absolute atomic E-state index is 14.0. The van der Waals surface area contributed by atoms with Crippen molar-refractivity contribution in [1.82, 2.24) is 5.32 Å². The summed E-state index contributed by atoms with van der Waals surface area (Å²) in [5.74, 6) is 1.26. The first-order valence-corrected chi connectivity index (χ1v) is 5.78. The Hall–Kier alpha value is -1.09. The zero-order valence-corrected chi connectivity index (χ0v) is 9.58. The molecule has 1 N–H and O–H groups in total. The molecule has 0 spiro atoms. The minimum absolute atomic E-state index is 0.483. The van der Waals surface area contributed by atoms with Gasteiger partial charge in [-0.2, -0.15) is 0 Å². The SMILES string of the molecule is COc1ccc(C(F)CC2CCNC2)cc1. The van der Waals surface area contributed by atoms with Crippen LogP contribution >= 0.6 is 0 Å². The number of alkyl halides is 1. The highest BCUT2D eigenvalue weighted by Crippen LogP contribution is 2.28. The largest absolute Gasteiger partial charge is 0.497 e. The summed E-state index contributed by atoms with van der Waals surface area (Å²) in [5.41, 5.74) is 0.757. The van der Waals surface area contributed by atoms with Crippen molar-refractivity contribution in [3.63, 3.8) is 0 Å². The molecule has 1 fully saturated rings.